The second kappa shape index (κ2) is 13.6. The molecule has 0 N–H and O–H groups in total. The van der Waals surface area contributed by atoms with Crippen molar-refractivity contribution in [2.45, 2.75) is 90.5 Å². The van der Waals surface area contributed by atoms with Crippen LogP contribution < -0.4 is 12.4 Å². The van der Waals surface area contributed by atoms with E-state index in [0.717, 1.165) is 11.0 Å². The number of halogens is 1. The average molecular weight is 368 g/mol. The van der Waals surface area contributed by atoms with Crippen molar-refractivity contribution in [3.8, 4) is 0 Å². The lowest BCUT2D eigenvalue weighted by Gasteiger charge is -2.26. The van der Waals surface area contributed by atoms with Crippen LogP contribution in [0, 0.1) is 0 Å². The molecule has 0 saturated heterocycles. The first-order valence-electron chi connectivity index (χ1n) is 10.3. The third-order valence-electron chi connectivity index (χ3n) is 4.97. The lowest BCUT2D eigenvalue weighted by Crippen LogP contribution is -3.00. The normalized spacial score (nSPS) is 12.7. The van der Waals surface area contributed by atoms with Gasteiger partial charge in [0.25, 0.3) is 0 Å². The highest BCUT2D eigenvalue weighted by molar-refractivity contribution is 5.29. The lowest BCUT2D eigenvalue weighted by molar-refractivity contribution is -0.884. The Kier molecular flexibility index (Phi) is 13.4. The molecule has 146 valence electrons. The van der Waals surface area contributed by atoms with Crippen LogP contribution >= 0.6 is 0 Å². The first kappa shape index (κ1) is 24.5. The molecule has 0 fully saturated rings. The maximum atomic E-state index is 2.42. The zero-order valence-electron chi connectivity index (χ0n) is 17.5. The van der Waals surface area contributed by atoms with Crippen molar-refractivity contribution in [2.24, 2.45) is 0 Å². The summed E-state index contributed by atoms with van der Waals surface area (Å²) in [4.78, 5) is 0. The summed E-state index contributed by atoms with van der Waals surface area (Å²) in [5, 5.41) is 0. The average Bonchev–Trinajstić information content (AvgIpc) is 2.52. The van der Waals surface area contributed by atoms with Gasteiger partial charge in [0.1, 0.15) is 6.54 Å². The van der Waals surface area contributed by atoms with Crippen LogP contribution in [-0.4, -0.2) is 25.6 Å². The highest BCUT2D eigenvalue weighted by Gasteiger charge is 2.15. The molecule has 2 heteroatoms. The van der Waals surface area contributed by atoms with E-state index in [1.54, 1.807) is 5.56 Å². The van der Waals surface area contributed by atoms with Gasteiger partial charge in [-0.05, 0) is 17.9 Å². The van der Waals surface area contributed by atoms with E-state index in [4.69, 9.17) is 0 Å². The summed E-state index contributed by atoms with van der Waals surface area (Å²) in [5.74, 6) is 0.692. The summed E-state index contributed by atoms with van der Waals surface area (Å²) < 4.78 is 1.00. The highest BCUT2D eigenvalue weighted by atomic mass is 35.5. The number of unbranched alkanes of at least 4 members (excludes halogenated alkanes) is 8. The maximum absolute atomic E-state index is 2.42. The first-order chi connectivity index (χ1) is 11.4. The SMILES string of the molecule is CCCCCCCCCCCC(C)c1ccccc1C[N+](C)(C)C.[Cl-]. The van der Waals surface area contributed by atoms with Gasteiger partial charge in [-0.25, -0.2) is 0 Å². The Labute approximate surface area is 164 Å². The van der Waals surface area contributed by atoms with Crippen LogP contribution in [0.1, 0.15) is 95.1 Å². The molecule has 0 amide bonds. The van der Waals surface area contributed by atoms with Gasteiger partial charge < -0.3 is 16.9 Å². The van der Waals surface area contributed by atoms with Crippen LogP contribution in [-0.2, 0) is 6.54 Å². The third kappa shape index (κ3) is 11.7. The van der Waals surface area contributed by atoms with E-state index in [0.29, 0.717) is 5.92 Å². The van der Waals surface area contributed by atoms with E-state index in [-0.39, 0.29) is 12.4 Å². The number of benzene rings is 1. The fourth-order valence-corrected chi connectivity index (χ4v) is 3.59. The molecule has 25 heavy (non-hydrogen) atoms. The van der Waals surface area contributed by atoms with E-state index in [9.17, 15) is 0 Å². The van der Waals surface area contributed by atoms with Gasteiger partial charge in [0, 0.05) is 5.56 Å². The Hall–Kier alpha value is -0.530. The van der Waals surface area contributed by atoms with Crippen molar-refractivity contribution in [2.75, 3.05) is 21.1 Å². The van der Waals surface area contributed by atoms with Gasteiger partial charge in [-0.2, -0.15) is 0 Å². The summed E-state index contributed by atoms with van der Waals surface area (Å²) >= 11 is 0. The van der Waals surface area contributed by atoms with Crippen molar-refractivity contribution in [1.29, 1.82) is 0 Å². The number of hydrogen-bond donors (Lipinski definition) is 0. The molecule has 0 aliphatic rings. The minimum Gasteiger partial charge on any atom is -1.00 e. The maximum Gasteiger partial charge on any atom is 0.104 e. The van der Waals surface area contributed by atoms with E-state index in [1.807, 2.05) is 0 Å². The summed E-state index contributed by atoms with van der Waals surface area (Å²) in [6.07, 6.45) is 14.1. The Morgan fingerprint density at radius 2 is 1.32 bits per heavy atom. The van der Waals surface area contributed by atoms with Crippen LogP contribution in [0.4, 0.5) is 0 Å². The van der Waals surface area contributed by atoms with Gasteiger partial charge in [0.05, 0.1) is 21.1 Å². The molecule has 1 nitrogen and oxygen atoms in total. The van der Waals surface area contributed by atoms with E-state index in [2.05, 4.69) is 59.3 Å². The number of quaternary nitrogens is 1. The summed E-state index contributed by atoms with van der Waals surface area (Å²) in [6.45, 7) is 5.83. The van der Waals surface area contributed by atoms with Gasteiger partial charge in [-0.1, -0.05) is 95.9 Å². The fraction of sp³-hybridized carbons (Fsp3) is 0.739. The molecule has 0 heterocycles. The Morgan fingerprint density at radius 1 is 0.800 bits per heavy atom. The summed E-state index contributed by atoms with van der Waals surface area (Å²) in [7, 11) is 6.84. The number of rotatable bonds is 13. The van der Waals surface area contributed by atoms with Crippen LogP contribution in [0.15, 0.2) is 24.3 Å². The quantitative estimate of drug-likeness (QED) is 0.366. The van der Waals surface area contributed by atoms with Crippen molar-refractivity contribution < 1.29 is 16.9 Å². The van der Waals surface area contributed by atoms with Crippen molar-refractivity contribution in [3.05, 3.63) is 35.4 Å². The first-order valence-corrected chi connectivity index (χ1v) is 10.3. The van der Waals surface area contributed by atoms with Crippen LogP contribution in [0.2, 0.25) is 0 Å². The predicted octanol–water partition coefficient (Wildman–Crippen LogP) is 3.92. The highest BCUT2D eigenvalue weighted by Crippen LogP contribution is 2.26. The Morgan fingerprint density at radius 3 is 1.88 bits per heavy atom. The van der Waals surface area contributed by atoms with E-state index < -0.39 is 0 Å². The molecular weight excluding hydrogens is 326 g/mol. The van der Waals surface area contributed by atoms with Gasteiger partial charge in [-0.3, -0.25) is 0 Å². The molecule has 1 aromatic rings. The van der Waals surface area contributed by atoms with E-state index in [1.165, 1.54) is 69.8 Å². The Balaban J connectivity index is 0.00000576. The molecule has 0 radical (unpaired) electrons. The minimum atomic E-state index is 0. The van der Waals surface area contributed by atoms with Gasteiger partial charge in [0.15, 0.2) is 0 Å². The molecule has 0 aliphatic heterocycles. The molecular formula is C23H42ClN. The van der Waals surface area contributed by atoms with Crippen LogP contribution in [0.25, 0.3) is 0 Å². The predicted molar refractivity (Wildman–Crippen MR) is 108 cm³/mol. The second-order valence-electron chi connectivity index (χ2n) is 8.67. The smallest absolute Gasteiger partial charge is 0.104 e. The minimum absolute atomic E-state index is 0. The van der Waals surface area contributed by atoms with Crippen molar-refractivity contribution >= 4 is 0 Å². The monoisotopic (exact) mass is 367 g/mol. The number of nitrogens with zero attached hydrogens (tertiary/aromatic N) is 1. The van der Waals surface area contributed by atoms with Gasteiger partial charge >= 0.3 is 0 Å². The van der Waals surface area contributed by atoms with Gasteiger partial charge in [-0.15, -0.1) is 0 Å². The molecule has 1 unspecified atom stereocenters. The Bertz CT molecular complexity index is 436. The summed E-state index contributed by atoms with van der Waals surface area (Å²) in [6, 6.07) is 9.08. The molecule has 0 aromatic heterocycles. The molecule has 1 aromatic carbocycles. The van der Waals surface area contributed by atoms with E-state index >= 15 is 0 Å². The second-order valence-corrected chi connectivity index (χ2v) is 8.67. The van der Waals surface area contributed by atoms with Gasteiger partial charge in [0.2, 0.25) is 0 Å². The fourth-order valence-electron chi connectivity index (χ4n) is 3.59. The van der Waals surface area contributed by atoms with Crippen molar-refractivity contribution in [3.63, 3.8) is 0 Å². The van der Waals surface area contributed by atoms with Crippen molar-refractivity contribution in [1.82, 2.24) is 0 Å². The topological polar surface area (TPSA) is 0 Å². The van der Waals surface area contributed by atoms with Crippen LogP contribution in [0.3, 0.4) is 0 Å². The molecule has 1 rings (SSSR count). The molecule has 0 spiro atoms. The molecule has 0 aliphatic carbocycles. The lowest BCUT2D eigenvalue weighted by atomic mass is 9.90. The van der Waals surface area contributed by atoms with Crippen LogP contribution in [0.5, 0.6) is 0 Å². The number of hydrogen-bond acceptors (Lipinski definition) is 0. The standard InChI is InChI=1S/C23H42N.ClH/c1-6-7-8-9-10-11-12-13-14-17-21(2)23-19-16-15-18-22(23)20-24(3,4)5;/h15-16,18-19,21H,6-14,17,20H2,1-5H3;1H/q+1;/p-1. The third-order valence-corrected chi connectivity index (χ3v) is 4.97. The molecule has 1 atom stereocenters. The summed E-state index contributed by atoms with van der Waals surface area (Å²) in [5.41, 5.74) is 3.11. The zero-order chi connectivity index (χ0) is 17.8. The zero-order valence-corrected chi connectivity index (χ0v) is 18.2. The molecule has 0 saturated carbocycles. The largest absolute Gasteiger partial charge is 1.00 e. The molecule has 0 bridgehead atoms.